The number of hydrogen-bond acceptors (Lipinski definition) is 3. The van der Waals surface area contributed by atoms with E-state index < -0.39 is 0 Å². The second kappa shape index (κ2) is 11.4. The average molecular weight is 520 g/mol. The molecule has 6 heteroatoms. The Kier molecular flexibility index (Phi) is 7.61. The molecule has 38 heavy (non-hydrogen) atoms. The minimum absolute atomic E-state index is 0.0583. The monoisotopic (exact) mass is 519 g/mol. The Hall–Kier alpha value is -4.29. The minimum Gasteiger partial charge on any atom is -0.341 e. The van der Waals surface area contributed by atoms with Crippen molar-refractivity contribution in [3.63, 3.8) is 0 Å². The topological polar surface area (TPSA) is 63.1 Å². The Morgan fingerprint density at radius 2 is 1.50 bits per heavy atom. The molecule has 0 saturated heterocycles. The van der Waals surface area contributed by atoms with Gasteiger partial charge in [0.05, 0.1) is 5.25 Å². The molecule has 4 aromatic carbocycles. The van der Waals surface area contributed by atoms with Crippen LogP contribution in [0.1, 0.15) is 19.4 Å². The normalized spacial score (nSPS) is 12.2. The first kappa shape index (κ1) is 25.4. The van der Waals surface area contributed by atoms with Crippen LogP contribution in [0.15, 0.2) is 108 Å². The van der Waals surface area contributed by atoms with Crippen LogP contribution < -0.4 is 10.6 Å². The lowest BCUT2D eigenvalue weighted by atomic mass is 10.1. The molecular weight excluding hydrogens is 490 g/mol. The molecule has 0 aliphatic heterocycles. The van der Waals surface area contributed by atoms with E-state index in [1.54, 1.807) is 6.08 Å². The number of anilines is 2. The van der Waals surface area contributed by atoms with E-state index in [4.69, 9.17) is 0 Å². The van der Waals surface area contributed by atoms with Crippen molar-refractivity contribution >= 4 is 62.8 Å². The van der Waals surface area contributed by atoms with Gasteiger partial charge in [0.2, 0.25) is 11.8 Å². The van der Waals surface area contributed by atoms with Crippen molar-refractivity contribution in [2.75, 3.05) is 10.6 Å². The minimum atomic E-state index is -0.295. The van der Waals surface area contributed by atoms with Gasteiger partial charge in [-0.15, -0.1) is 11.8 Å². The zero-order valence-electron chi connectivity index (χ0n) is 21.3. The fourth-order valence-electron chi connectivity index (χ4n) is 4.51. The van der Waals surface area contributed by atoms with E-state index in [9.17, 15) is 9.59 Å². The summed E-state index contributed by atoms with van der Waals surface area (Å²) in [7, 11) is 0. The number of carbonyl (C=O) groups excluding carboxylic acids is 2. The van der Waals surface area contributed by atoms with Gasteiger partial charge < -0.3 is 15.2 Å². The predicted molar refractivity (Wildman–Crippen MR) is 160 cm³/mol. The summed E-state index contributed by atoms with van der Waals surface area (Å²) in [5.74, 6) is -0.252. The molecular formula is C32H29N3O2S. The van der Waals surface area contributed by atoms with Crippen LogP contribution in [0.2, 0.25) is 0 Å². The van der Waals surface area contributed by atoms with Gasteiger partial charge in [0.15, 0.2) is 0 Å². The van der Waals surface area contributed by atoms with Crippen molar-refractivity contribution in [3.05, 3.63) is 109 Å². The second-order valence-corrected chi connectivity index (χ2v) is 10.4. The van der Waals surface area contributed by atoms with Crippen molar-refractivity contribution in [2.45, 2.75) is 30.5 Å². The van der Waals surface area contributed by atoms with Gasteiger partial charge in [0.25, 0.3) is 0 Å². The lowest BCUT2D eigenvalue weighted by Gasteiger charge is -2.13. The second-order valence-electron chi connectivity index (χ2n) is 9.00. The number of aromatic nitrogens is 1. The van der Waals surface area contributed by atoms with Gasteiger partial charge in [0, 0.05) is 50.7 Å². The zero-order chi connectivity index (χ0) is 26.5. The Balaban J connectivity index is 1.20. The van der Waals surface area contributed by atoms with Gasteiger partial charge in [0.1, 0.15) is 0 Å². The summed E-state index contributed by atoms with van der Waals surface area (Å²) in [6, 6.07) is 31.7. The van der Waals surface area contributed by atoms with Crippen LogP contribution in [0.3, 0.4) is 0 Å². The number of para-hydroxylation sites is 1. The molecule has 0 fully saturated rings. The summed E-state index contributed by atoms with van der Waals surface area (Å²) in [5, 5.41) is 7.97. The summed E-state index contributed by atoms with van der Waals surface area (Å²) in [5.41, 5.74) is 4.82. The van der Waals surface area contributed by atoms with Gasteiger partial charge in [-0.25, -0.2) is 0 Å². The SMILES string of the molecule is CCn1c2ccccc2c2cc(NC(=O)C(C)Sc3ccc(NC(=O)/C=C/c4ccccc4)cc3)ccc21. The Morgan fingerprint density at radius 3 is 2.26 bits per heavy atom. The predicted octanol–water partition coefficient (Wildman–Crippen LogP) is 7.59. The molecule has 2 amide bonds. The van der Waals surface area contributed by atoms with Gasteiger partial charge in [-0.2, -0.15) is 0 Å². The van der Waals surface area contributed by atoms with Crippen molar-refractivity contribution in [3.8, 4) is 0 Å². The molecule has 0 spiro atoms. The van der Waals surface area contributed by atoms with E-state index in [0.29, 0.717) is 5.69 Å². The van der Waals surface area contributed by atoms with Crippen LogP contribution in [0.4, 0.5) is 11.4 Å². The van der Waals surface area contributed by atoms with Crippen LogP contribution in [0, 0.1) is 0 Å². The molecule has 5 rings (SSSR count). The van der Waals surface area contributed by atoms with E-state index in [1.807, 2.05) is 73.7 Å². The third-order valence-electron chi connectivity index (χ3n) is 6.39. The number of thioether (sulfide) groups is 1. The van der Waals surface area contributed by atoms with E-state index in [2.05, 4.69) is 52.5 Å². The fourth-order valence-corrected chi connectivity index (χ4v) is 5.38. The van der Waals surface area contributed by atoms with E-state index in [0.717, 1.165) is 33.6 Å². The van der Waals surface area contributed by atoms with E-state index >= 15 is 0 Å². The number of fused-ring (bicyclic) bond motifs is 3. The maximum absolute atomic E-state index is 13.0. The Morgan fingerprint density at radius 1 is 0.816 bits per heavy atom. The molecule has 1 aromatic heterocycles. The molecule has 190 valence electrons. The molecule has 5 nitrogen and oxygen atoms in total. The molecule has 1 heterocycles. The first-order valence-corrected chi connectivity index (χ1v) is 13.5. The summed E-state index contributed by atoms with van der Waals surface area (Å²) in [4.78, 5) is 26.2. The maximum Gasteiger partial charge on any atom is 0.248 e. The highest BCUT2D eigenvalue weighted by Gasteiger charge is 2.16. The molecule has 0 aliphatic rings. The summed E-state index contributed by atoms with van der Waals surface area (Å²) in [6.45, 7) is 4.92. The molecule has 0 aliphatic carbocycles. The third kappa shape index (κ3) is 5.66. The highest BCUT2D eigenvalue weighted by atomic mass is 32.2. The van der Waals surface area contributed by atoms with Crippen LogP contribution in [-0.2, 0) is 16.1 Å². The van der Waals surface area contributed by atoms with Crippen LogP contribution in [0.25, 0.3) is 27.9 Å². The quantitative estimate of drug-likeness (QED) is 0.164. The molecule has 1 unspecified atom stereocenters. The van der Waals surface area contributed by atoms with Gasteiger partial charge in [-0.3, -0.25) is 9.59 Å². The third-order valence-corrected chi connectivity index (χ3v) is 7.50. The number of nitrogens with one attached hydrogen (secondary N) is 2. The number of nitrogens with zero attached hydrogens (tertiary/aromatic N) is 1. The van der Waals surface area contributed by atoms with Gasteiger partial charge in [-0.05, 0) is 74.0 Å². The Labute approximate surface area is 226 Å². The average Bonchev–Trinajstić information content (AvgIpc) is 3.26. The van der Waals surface area contributed by atoms with Crippen LogP contribution in [-0.4, -0.2) is 21.6 Å². The van der Waals surface area contributed by atoms with Crippen LogP contribution >= 0.6 is 11.8 Å². The van der Waals surface area contributed by atoms with E-state index in [1.165, 1.54) is 28.7 Å². The molecule has 0 saturated carbocycles. The standard InChI is InChI=1S/C32H29N3O2S/c1-3-35-29-12-8-7-11-27(29)28-21-25(16-19-30(28)35)34-32(37)22(2)38-26-17-14-24(15-18-26)33-31(36)20-13-23-9-5-4-6-10-23/h4-22H,3H2,1-2H3,(H,33,36)(H,34,37)/b20-13+. The first-order chi connectivity index (χ1) is 18.5. The van der Waals surface area contributed by atoms with Crippen molar-refractivity contribution in [1.29, 1.82) is 0 Å². The summed E-state index contributed by atoms with van der Waals surface area (Å²) >= 11 is 1.48. The lowest BCUT2D eigenvalue weighted by molar-refractivity contribution is -0.115. The zero-order valence-corrected chi connectivity index (χ0v) is 22.2. The molecule has 0 bridgehead atoms. The summed E-state index contributed by atoms with van der Waals surface area (Å²) < 4.78 is 2.29. The van der Waals surface area contributed by atoms with Gasteiger partial charge >= 0.3 is 0 Å². The van der Waals surface area contributed by atoms with Crippen LogP contribution in [0.5, 0.6) is 0 Å². The highest BCUT2D eigenvalue weighted by Crippen LogP contribution is 2.31. The number of benzene rings is 4. The Bertz CT molecular complexity index is 1620. The molecule has 2 N–H and O–H groups in total. The molecule has 0 radical (unpaired) electrons. The highest BCUT2D eigenvalue weighted by molar-refractivity contribution is 8.00. The van der Waals surface area contributed by atoms with E-state index in [-0.39, 0.29) is 17.1 Å². The first-order valence-electron chi connectivity index (χ1n) is 12.6. The molecule has 5 aromatic rings. The van der Waals surface area contributed by atoms with Gasteiger partial charge in [-0.1, -0.05) is 48.5 Å². The number of amides is 2. The largest absolute Gasteiger partial charge is 0.341 e. The fraction of sp³-hybridized carbons (Fsp3) is 0.125. The molecule has 1 atom stereocenters. The van der Waals surface area contributed by atoms with Crippen molar-refractivity contribution < 1.29 is 9.59 Å². The lowest BCUT2D eigenvalue weighted by Crippen LogP contribution is -2.22. The summed E-state index contributed by atoms with van der Waals surface area (Å²) in [6.07, 6.45) is 3.29. The van der Waals surface area contributed by atoms with Crippen molar-refractivity contribution in [1.82, 2.24) is 4.57 Å². The number of aryl methyl sites for hydroxylation is 1. The van der Waals surface area contributed by atoms with Crippen molar-refractivity contribution in [2.24, 2.45) is 0 Å². The smallest absolute Gasteiger partial charge is 0.248 e. The maximum atomic E-state index is 13.0. The number of rotatable bonds is 8. The number of carbonyl (C=O) groups is 2. The number of hydrogen-bond donors (Lipinski definition) is 2.